The summed E-state index contributed by atoms with van der Waals surface area (Å²) in [6.07, 6.45) is 6.19. The quantitative estimate of drug-likeness (QED) is 0.828. The van der Waals surface area contributed by atoms with Crippen LogP contribution in [0.2, 0.25) is 0 Å². The monoisotopic (exact) mass is 289 g/mol. The highest BCUT2D eigenvalue weighted by Gasteiger charge is 2.26. The topological polar surface area (TPSA) is 44.4 Å². The molecule has 0 aromatic carbocycles. The van der Waals surface area contributed by atoms with Gasteiger partial charge in [-0.3, -0.25) is 9.69 Å². The summed E-state index contributed by atoms with van der Waals surface area (Å²) >= 11 is 0. The van der Waals surface area contributed by atoms with Crippen LogP contribution in [-0.2, 0) is 4.79 Å². The van der Waals surface area contributed by atoms with Gasteiger partial charge >= 0.3 is 0 Å². The fraction of sp³-hybridized carbons (Fsp3) is 0.929. The zero-order chi connectivity index (χ0) is 13.0. The first-order valence-electron chi connectivity index (χ1n) is 7.44. The zero-order valence-electron chi connectivity index (χ0n) is 12.2. The van der Waals surface area contributed by atoms with E-state index in [9.17, 15) is 4.79 Å². The average molecular weight is 290 g/mol. The minimum absolute atomic E-state index is 0. The molecule has 2 aliphatic rings. The summed E-state index contributed by atoms with van der Waals surface area (Å²) in [5, 5.41) is 6.64. The van der Waals surface area contributed by atoms with Gasteiger partial charge in [0, 0.05) is 31.7 Å². The van der Waals surface area contributed by atoms with Crippen molar-refractivity contribution in [1.29, 1.82) is 0 Å². The number of rotatable bonds is 3. The zero-order valence-corrected chi connectivity index (χ0v) is 13.0. The number of carbonyl (C=O) groups excluding carboxylic acids is 1. The molecule has 0 aromatic rings. The lowest BCUT2D eigenvalue weighted by Crippen LogP contribution is -2.56. The predicted octanol–water partition coefficient (Wildman–Crippen LogP) is 1.54. The maximum Gasteiger partial charge on any atom is 0.237 e. The fourth-order valence-corrected chi connectivity index (χ4v) is 3.05. The minimum Gasteiger partial charge on any atom is -0.352 e. The van der Waals surface area contributed by atoms with E-state index in [1.165, 1.54) is 19.3 Å². The molecule has 1 heterocycles. The molecule has 19 heavy (non-hydrogen) atoms. The largest absolute Gasteiger partial charge is 0.352 e. The van der Waals surface area contributed by atoms with Gasteiger partial charge in [-0.05, 0) is 26.7 Å². The number of piperazine rings is 1. The molecule has 2 rings (SSSR count). The first kappa shape index (κ1) is 16.7. The average Bonchev–Trinajstić information content (AvgIpc) is 2.39. The molecule has 1 saturated heterocycles. The van der Waals surface area contributed by atoms with Crippen LogP contribution in [0.3, 0.4) is 0 Å². The van der Waals surface area contributed by atoms with Crippen LogP contribution in [0, 0.1) is 0 Å². The number of nitrogens with one attached hydrogen (secondary N) is 2. The summed E-state index contributed by atoms with van der Waals surface area (Å²) in [6, 6.07) is 0.925. The fourth-order valence-electron chi connectivity index (χ4n) is 3.05. The second-order valence-electron chi connectivity index (χ2n) is 5.87. The molecule has 1 amide bonds. The van der Waals surface area contributed by atoms with Crippen molar-refractivity contribution in [3.05, 3.63) is 0 Å². The van der Waals surface area contributed by atoms with Gasteiger partial charge in [0.1, 0.15) is 0 Å². The molecule has 0 aromatic heterocycles. The van der Waals surface area contributed by atoms with Gasteiger partial charge in [0.05, 0.1) is 6.04 Å². The van der Waals surface area contributed by atoms with Crippen LogP contribution in [-0.4, -0.2) is 48.6 Å². The van der Waals surface area contributed by atoms with E-state index in [1.807, 2.05) is 6.92 Å². The highest BCUT2D eigenvalue weighted by Crippen LogP contribution is 2.17. The highest BCUT2D eigenvalue weighted by atomic mass is 35.5. The maximum absolute atomic E-state index is 12.2. The highest BCUT2D eigenvalue weighted by molar-refractivity contribution is 5.85. The standard InChI is InChI=1S/C14H27N3O.ClH/c1-11-10-17(9-8-15-11)12(2)14(18)16-13-6-4-3-5-7-13;/h11-13,15H,3-10H2,1-2H3,(H,16,18);1H. The minimum atomic E-state index is 0. The molecule has 2 unspecified atom stereocenters. The number of carbonyl (C=O) groups is 1. The molecule has 5 heteroatoms. The van der Waals surface area contributed by atoms with Crippen molar-refractivity contribution in [3.63, 3.8) is 0 Å². The molecule has 4 nitrogen and oxygen atoms in total. The second-order valence-corrected chi connectivity index (χ2v) is 5.87. The molecule has 0 radical (unpaired) electrons. The summed E-state index contributed by atoms with van der Waals surface area (Å²) in [5.41, 5.74) is 0. The third-order valence-electron chi connectivity index (χ3n) is 4.28. The lowest BCUT2D eigenvalue weighted by atomic mass is 9.95. The normalized spacial score (nSPS) is 27.4. The summed E-state index contributed by atoms with van der Waals surface area (Å²) in [5.74, 6) is 0.219. The number of amides is 1. The van der Waals surface area contributed by atoms with E-state index in [1.54, 1.807) is 0 Å². The summed E-state index contributed by atoms with van der Waals surface area (Å²) in [6.45, 7) is 7.15. The Kier molecular flexibility index (Phi) is 7.11. The molecule has 2 atom stereocenters. The molecule has 1 aliphatic heterocycles. The van der Waals surface area contributed by atoms with Gasteiger partial charge in [-0.1, -0.05) is 19.3 Å². The van der Waals surface area contributed by atoms with Crippen molar-refractivity contribution >= 4 is 18.3 Å². The molecule has 1 aliphatic carbocycles. The lowest BCUT2D eigenvalue weighted by molar-refractivity contribution is -0.127. The van der Waals surface area contributed by atoms with E-state index in [-0.39, 0.29) is 24.4 Å². The van der Waals surface area contributed by atoms with Crippen molar-refractivity contribution in [3.8, 4) is 0 Å². The van der Waals surface area contributed by atoms with Crippen molar-refractivity contribution < 1.29 is 4.79 Å². The van der Waals surface area contributed by atoms with Crippen LogP contribution in [0.15, 0.2) is 0 Å². The van der Waals surface area contributed by atoms with E-state index in [4.69, 9.17) is 0 Å². The van der Waals surface area contributed by atoms with Crippen molar-refractivity contribution in [2.24, 2.45) is 0 Å². The lowest BCUT2D eigenvalue weighted by Gasteiger charge is -2.36. The van der Waals surface area contributed by atoms with Crippen LogP contribution in [0.1, 0.15) is 46.0 Å². The van der Waals surface area contributed by atoms with Gasteiger partial charge in [-0.25, -0.2) is 0 Å². The van der Waals surface area contributed by atoms with Gasteiger partial charge < -0.3 is 10.6 Å². The van der Waals surface area contributed by atoms with Gasteiger partial charge in [-0.15, -0.1) is 12.4 Å². The van der Waals surface area contributed by atoms with Gasteiger partial charge in [0.15, 0.2) is 0 Å². The first-order chi connectivity index (χ1) is 8.66. The van der Waals surface area contributed by atoms with E-state index in [0.29, 0.717) is 12.1 Å². The number of hydrogen-bond acceptors (Lipinski definition) is 3. The SMILES string of the molecule is CC1CN(C(C)C(=O)NC2CCCCC2)CCN1.Cl. The van der Waals surface area contributed by atoms with E-state index < -0.39 is 0 Å². The Balaban J connectivity index is 0.00000180. The first-order valence-corrected chi connectivity index (χ1v) is 7.44. The molecule has 1 saturated carbocycles. The Labute approximate surface area is 123 Å². The van der Waals surface area contributed by atoms with E-state index in [2.05, 4.69) is 22.5 Å². The van der Waals surface area contributed by atoms with Crippen LogP contribution < -0.4 is 10.6 Å². The van der Waals surface area contributed by atoms with Gasteiger partial charge in [-0.2, -0.15) is 0 Å². The van der Waals surface area contributed by atoms with Gasteiger partial charge in [0.25, 0.3) is 0 Å². The Hall–Kier alpha value is -0.320. The maximum atomic E-state index is 12.2. The molecular formula is C14H28ClN3O. The smallest absolute Gasteiger partial charge is 0.237 e. The van der Waals surface area contributed by atoms with Crippen molar-refractivity contribution in [2.45, 2.75) is 64.1 Å². The predicted molar refractivity (Wildman–Crippen MR) is 80.8 cm³/mol. The van der Waals surface area contributed by atoms with Gasteiger partial charge in [0.2, 0.25) is 5.91 Å². The molecule has 0 spiro atoms. The molecule has 2 fully saturated rings. The van der Waals surface area contributed by atoms with E-state index in [0.717, 1.165) is 32.5 Å². The van der Waals surface area contributed by atoms with Crippen LogP contribution in [0.25, 0.3) is 0 Å². The molecule has 112 valence electrons. The van der Waals surface area contributed by atoms with Crippen molar-refractivity contribution in [2.75, 3.05) is 19.6 Å². The van der Waals surface area contributed by atoms with Crippen LogP contribution in [0.5, 0.6) is 0 Å². The van der Waals surface area contributed by atoms with Crippen LogP contribution in [0.4, 0.5) is 0 Å². The number of halogens is 1. The Bertz CT molecular complexity index is 282. The van der Waals surface area contributed by atoms with Crippen molar-refractivity contribution in [1.82, 2.24) is 15.5 Å². The summed E-state index contributed by atoms with van der Waals surface area (Å²) < 4.78 is 0. The summed E-state index contributed by atoms with van der Waals surface area (Å²) in [4.78, 5) is 14.5. The third-order valence-corrected chi connectivity index (χ3v) is 4.28. The molecule has 0 bridgehead atoms. The molecular weight excluding hydrogens is 262 g/mol. The Morgan fingerprint density at radius 2 is 2.00 bits per heavy atom. The Morgan fingerprint density at radius 3 is 2.63 bits per heavy atom. The third kappa shape index (κ3) is 4.93. The summed E-state index contributed by atoms with van der Waals surface area (Å²) in [7, 11) is 0. The van der Waals surface area contributed by atoms with Crippen LogP contribution >= 0.6 is 12.4 Å². The van der Waals surface area contributed by atoms with E-state index >= 15 is 0 Å². The second kappa shape index (κ2) is 8.08. The molecule has 2 N–H and O–H groups in total. The number of hydrogen-bond donors (Lipinski definition) is 2. The Morgan fingerprint density at radius 1 is 1.32 bits per heavy atom. The number of nitrogens with zero attached hydrogens (tertiary/aromatic N) is 1.